The lowest BCUT2D eigenvalue weighted by molar-refractivity contribution is 0.232. The highest BCUT2D eigenvalue weighted by atomic mass is 15.2. The normalized spacial score (nSPS) is 31.3. The number of hydrogen-bond acceptors (Lipinski definition) is 2. The number of nitrogens with zero attached hydrogens (tertiary/aromatic N) is 3. The molecule has 3 atom stereocenters. The predicted octanol–water partition coefficient (Wildman–Crippen LogP) is 10.2. The molecule has 7 aliphatic carbocycles. The van der Waals surface area contributed by atoms with Gasteiger partial charge in [-0.3, -0.25) is 0 Å². The molecule has 3 heteroatoms. The van der Waals surface area contributed by atoms with Crippen LogP contribution in [0.25, 0.3) is 17.8 Å². The molecule has 1 aliphatic heterocycles. The molecular weight excluding hydrogens is 558 g/mol. The van der Waals surface area contributed by atoms with E-state index in [1.165, 1.54) is 48.5 Å². The zero-order chi connectivity index (χ0) is 30.6. The van der Waals surface area contributed by atoms with Crippen LogP contribution >= 0.6 is 0 Å². The molecule has 0 N–H and O–H groups in total. The maximum Gasteiger partial charge on any atom is 0.0655 e. The second-order valence-electron chi connectivity index (χ2n) is 14.9. The van der Waals surface area contributed by atoms with Crippen molar-refractivity contribution in [2.24, 2.45) is 17.8 Å². The second kappa shape index (κ2) is 11.8. The molecule has 0 aromatic carbocycles. The summed E-state index contributed by atoms with van der Waals surface area (Å²) in [5, 5.41) is 9.50. The lowest BCUT2D eigenvalue weighted by atomic mass is 9.76. The number of rotatable bonds is 4. The van der Waals surface area contributed by atoms with Crippen molar-refractivity contribution in [3.05, 3.63) is 111 Å². The van der Waals surface area contributed by atoms with Crippen molar-refractivity contribution in [1.82, 2.24) is 9.47 Å². The standard InChI is InChI=1S/C43H47N3/c44-28-29-20-22-30(23-21-29)31-10-9-11-32(24-31)33-25-34(45-40-16-5-1-12-36(40)37-13-2-6-17-41(37)45)27-35(26-33)46-42-18-7-3-14-38(42)39-15-4-8-19-43(39)46/h5-8,10,16-19,24-25,27,29-30,35,38,42H,1-4,9,11-15,20-23,26H2. The zero-order valence-electron chi connectivity index (χ0n) is 27.3. The molecule has 9 rings (SSSR count). The first-order valence-electron chi connectivity index (χ1n) is 18.4. The first-order valence-corrected chi connectivity index (χ1v) is 18.4. The summed E-state index contributed by atoms with van der Waals surface area (Å²) in [4.78, 5) is 2.84. The van der Waals surface area contributed by atoms with Crippen LogP contribution in [0, 0.1) is 29.1 Å². The van der Waals surface area contributed by atoms with Crippen LogP contribution in [0.3, 0.4) is 0 Å². The largest absolute Gasteiger partial charge is 0.358 e. The third kappa shape index (κ3) is 4.74. The molecule has 46 heavy (non-hydrogen) atoms. The molecule has 2 heterocycles. The Morgan fingerprint density at radius 1 is 0.717 bits per heavy atom. The first-order chi connectivity index (χ1) is 22.8. The van der Waals surface area contributed by atoms with E-state index in [9.17, 15) is 5.26 Å². The number of hydrogen-bond donors (Lipinski definition) is 0. The lowest BCUT2D eigenvalue weighted by Gasteiger charge is -2.40. The molecule has 0 bridgehead atoms. The van der Waals surface area contributed by atoms with E-state index in [1.54, 1.807) is 33.4 Å². The monoisotopic (exact) mass is 605 g/mol. The molecule has 3 unspecified atom stereocenters. The van der Waals surface area contributed by atoms with E-state index in [-0.39, 0.29) is 5.92 Å². The van der Waals surface area contributed by atoms with Gasteiger partial charge in [0.2, 0.25) is 0 Å². The van der Waals surface area contributed by atoms with Gasteiger partial charge in [-0.15, -0.1) is 0 Å². The fourth-order valence-corrected chi connectivity index (χ4v) is 10.2. The van der Waals surface area contributed by atoms with Gasteiger partial charge in [0.1, 0.15) is 0 Å². The highest BCUT2D eigenvalue weighted by molar-refractivity contribution is 5.77. The summed E-state index contributed by atoms with van der Waals surface area (Å²) in [6.07, 6.45) is 47.2. The molecule has 0 saturated heterocycles. The van der Waals surface area contributed by atoms with Crippen LogP contribution < -0.4 is 0 Å². The molecule has 234 valence electrons. The minimum Gasteiger partial charge on any atom is -0.358 e. The number of nitriles is 1. The van der Waals surface area contributed by atoms with E-state index in [1.807, 2.05) is 0 Å². The SMILES string of the molecule is N#CC1CCC(C2=CCCC(C3=CC(n4c5c(c6c4C=CCC6)CCC=C5)=CC(N4C5=C(CCC=C5)C5CCC=CC54)C3)=C2)CC1. The van der Waals surface area contributed by atoms with Gasteiger partial charge in [0.15, 0.2) is 0 Å². The van der Waals surface area contributed by atoms with E-state index in [0.717, 1.165) is 70.6 Å². The van der Waals surface area contributed by atoms with Crippen molar-refractivity contribution >= 4 is 17.8 Å². The Morgan fingerprint density at radius 3 is 2.26 bits per heavy atom. The van der Waals surface area contributed by atoms with Gasteiger partial charge < -0.3 is 9.47 Å². The molecule has 1 fully saturated rings. The van der Waals surface area contributed by atoms with Crippen molar-refractivity contribution in [1.29, 1.82) is 5.26 Å². The average molecular weight is 606 g/mol. The summed E-state index contributed by atoms with van der Waals surface area (Å²) in [5.74, 6) is 1.53. The van der Waals surface area contributed by atoms with Crippen LogP contribution in [0.1, 0.15) is 106 Å². The average Bonchev–Trinajstić information content (AvgIpc) is 3.65. The molecule has 0 amide bonds. The van der Waals surface area contributed by atoms with Crippen molar-refractivity contribution in [3.63, 3.8) is 0 Å². The van der Waals surface area contributed by atoms with Crippen molar-refractivity contribution < 1.29 is 0 Å². The van der Waals surface area contributed by atoms with Crippen LogP contribution in [0.5, 0.6) is 0 Å². The minimum atomic E-state index is 0.256. The molecule has 1 saturated carbocycles. The van der Waals surface area contributed by atoms with Crippen molar-refractivity contribution in [3.8, 4) is 6.07 Å². The summed E-state index contributed by atoms with van der Waals surface area (Å²) >= 11 is 0. The third-order valence-corrected chi connectivity index (χ3v) is 12.4. The number of fused-ring (bicyclic) bond motifs is 5. The molecule has 1 aromatic rings. The molecular formula is C43H47N3. The van der Waals surface area contributed by atoms with Crippen LogP contribution in [0.15, 0.2) is 88.7 Å². The van der Waals surface area contributed by atoms with Crippen molar-refractivity contribution in [2.45, 2.75) is 108 Å². The highest BCUT2D eigenvalue weighted by Gasteiger charge is 2.43. The van der Waals surface area contributed by atoms with Gasteiger partial charge in [-0.25, -0.2) is 0 Å². The Kier molecular flexibility index (Phi) is 7.29. The van der Waals surface area contributed by atoms with Gasteiger partial charge in [0.25, 0.3) is 0 Å². The summed E-state index contributed by atoms with van der Waals surface area (Å²) in [5.41, 5.74) is 15.3. The second-order valence-corrected chi connectivity index (χ2v) is 14.9. The summed E-state index contributed by atoms with van der Waals surface area (Å²) in [6, 6.07) is 3.34. The fourth-order valence-electron chi connectivity index (χ4n) is 10.2. The smallest absolute Gasteiger partial charge is 0.0655 e. The molecule has 8 aliphatic rings. The fraction of sp³-hybridized carbons (Fsp3) is 0.465. The van der Waals surface area contributed by atoms with E-state index in [2.05, 4.69) is 88.4 Å². The van der Waals surface area contributed by atoms with Gasteiger partial charge in [0, 0.05) is 34.6 Å². The molecule has 1 aromatic heterocycles. The Labute approximate surface area is 275 Å². The van der Waals surface area contributed by atoms with E-state index < -0.39 is 0 Å². The summed E-state index contributed by atoms with van der Waals surface area (Å²) in [6.45, 7) is 0. The highest BCUT2D eigenvalue weighted by Crippen LogP contribution is 2.48. The van der Waals surface area contributed by atoms with E-state index >= 15 is 0 Å². The Morgan fingerprint density at radius 2 is 1.48 bits per heavy atom. The lowest BCUT2D eigenvalue weighted by Crippen LogP contribution is -2.41. The quantitative estimate of drug-likeness (QED) is 0.320. The Balaban J connectivity index is 1.15. The van der Waals surface area contributed by atoms with Crippen molar-refractivity contribution in [2.75, 3.05) is 0 Å². The number of aromatic nitrogens is 1. The van der Waals surface area contributed by atoms with Gasteiger partial charge in [-0.1, -0.05) is 42.5 Å². The first kappa shape index (κ1) is 28.5. The topological polar surface area (TPSA) is 32.0 Å². The van der Waals surface area contributed by atoms with Crippen LogP contribution in [-0.2, 0) is 12.8 Å². The predicted molar refractivity (Wildman–Crippen MR) is 189 cm³/mol. The summed E-state index contributed by atoms with van der Waals surface area (Å²) in [7, 11) is 0. The molecule has 0 radical (unpaired) electrons. The number of allylic oxidation sites excluding steroid dienone is 11. The van der Waals surface area contributed by atoms with Crippen LogP contribution in [0.4, 0.5) is 0 Å². The Hall–Kier alpha value is -3.77. The van der Waals surface area contributed by atoms with Gasteiger partial charge >= 0.3 is 0 Å². The van der Waals surface area contributed by atoms with Gasteiger partial charge in [-0.2, -0.15) is 5.26 Å². The van der Waals surface area contributed by atoms with E-state index in [0.29, 0.717) is 23.9 Å². The maximum absolute atomic E-state index is 9.50. The molecule has 0 spiro atoms. The van der Waals surface area contributed by atoms with Crippen LogP contribution in [-0.4, -0.2) is 21.6 Å². The van der Waals surface area contributed by atoms with Gasteiger partial charge in [-0.05, 0) is 166 Å². The van der Waals surface area contributed by atoms with Crippen LogP contribution in [0.2, 0.25) is 0 Å². The summed E-state index contributed by atoms with van der Waals surface area (Å²) < 4.78 is 2.64. The Bertz CT molecular complexity index is 1720. The van der Waals surface area contributed by atoms with Gasteiger partial charge in [0.05, 0.1) is 18.2 Å². The minimum absolute atomic E-state index is 0.256. The zero-order valence-corrected chi connectivity index (χ0v) is 27.3. The van der Waals surface area contributed by atoms with E-state index in [4.69, 9.17) is 0 Å². The maximum atomic E-state index is 9.50. The third-order valence-electron chi connectivity index (χ3n) is 12.4. The molecule has 3 nitrogen and oxygen atoms in total.